The van der Waals surface area contributed by atoms with E-state index in [1.54, 1.807) is 18.2 Å². The lowest BCUT2D eigenvalue weighted by Gasteiger charge is -2.14. The quantitative estimate of drug-likeness (QED) is 0.201. The summed E-state index contributed by atoms with van der Waals surface area (Å²) < 4.78 is 17.3. The van der Waals surface area contributed by atoms with Crippen molar-refractivity contribution in [2.75, 3.05) is 20.3 Å². The van der Waals surface area contributed by atoms with Crippen LogP contribution in [-0.2, 0) is 20.9 Å². The molecule has 0 atom stereocenters. The number of thioether (sulfide) groups is 1. The summed E-state index contributed by atoms with van der Waals surface area (Å²) in [6, 6.07) is 10.9. The third-order valence-corrected chi connectivity index (χ3v) is 6.70. The van der Waals surface area contributed by atoms with Crippen LogP contribution in [0.2, 0.25) is 5.02 Å². The molecule has 0 aromatic heterocycles. The molecular weight excluding hydrogens is 593 g/mol. The van der Waals surface area contributed by atoms with Crippen LogP contribution in [0.3, 0.4) is 0 Å². The second-order valence-electron chi connectivity index (χ2n) is 7.76. The highest BCUT2D eigenvalue weighted by Crippen LogP contribution is 2.38. The normalized spacial score (nSPS) is 14.8. The van der Waals surface area contributed by atoms with Crippen LogP contribution in [0.5, 0.6) is 11.5 Å². The molecule has 1 heterocycles. The molecule has 1 saturated heterocycles. The van der Waals surface area contributed by atoms with Crippen LogP contribution >= 0.6 is 46.0 Å². The van der Waals surface area contributed by atoms with Crippen molar-refractivity contribution >= 4 is 69.1 Å². The molecule has 2 aromatic carbocycles. The van der Waals surface area contributed by atoms with E-state index in [1.807, 2.05) is 38.1 Å². The average molecular weight is 616 g/mol. The fourth-order valence-corrected chi connectivity index (χ4v) is 4.76. The van der Waals surface area contributed by atoms with Crippen LogP contribution in [0, 0.1) is 9.49 Å². The second-order valence-corrected chi connectivity index (χ2v) is 10.3. The minimum Gasteiger partial charge on any atom is -0.493 e. The number of hydrogen-bond donors (Lipinski definition) is 0. The molecule has 0 N–H and O–H groups in total. The number of hydrogen-bond acceptors (Lipinski definition) is 7. The summed E-state index contributed by atoms with van der Waals surface area (Å²) >= 11 is 9.11. The molecule has 0 radical (unpaired) electrons. The molecule has 2 amide bonds. The lowest BCUT2D eigenvalue weighted by molar-refractivity contribution is -0.147. The topological polar surface area (TPSA) is 82.1 Å². The van der Waals surface area contributed by atoms with E-state index >= 15 is 0 Å². The van der Waals surface area contributed by atoms with Gasteiger partial charge in [-0.25, -0.2) is 0 Å². The zero-order chi connectivity index (χ0) is 24.8. The van der Waals surface area contributed by atoms with Gasteiger partial charge in [0.05, 0.1) is 22.2 Å². The molecule has 2 aromatic rings. The first-order valence-electron chi connectivity index (χ1n) is 10.3. The molecule has 1 aliphatic heterocycles. The SMILES string of the molecule is COc1cc(/C=C2/SC(=O)N(CC(=O)OCC(C)C)C2=O)cc(I)c1OCc1ccccc1Cl. The van der Waals surface area contributed by atoms with Crippen molar-refractivity contribution in [1.29, 1.82) is 0 Å². The minimum absolute atomic E-state index is 0.160. The van der Waals surface area contributed by atoms with E-state index in [0.717, 1.165) is 25.8 Å². The molecule has 1 fully saturated rings. The molecule has 180 valence electrons. The van der Waals surface area contributed by atoms with Crippen LogP contribution in [0.1, 0.15) is 25.0 Å². The monoisotopic (exact) mass is 615 g/mol. The van der Waals surface area contributed by atoms with E-state index in [4.69, 9.17) is 25.8 Å². The van der Waals surface area contributed by atoms with Gasteiger partial charge in [-0.15, -0.1) is 0 Å². The van der Waals surface area contributed by atoms with Crippen molar-refractivity contribution < 1.29 is 28.6 Å². The zero-order valence-electron chi connectivity index (χ0n) is 18.8. The van der Waals surface area contributed by atoms with Gasteiger partial charge in [0, 0.05) is 10.6 Å². The molecular formula is C24H23ClINO6S. The van der Waals surface area contributed by atoms with Crippen molar-refractivity contribution in [3.05, 3.63) is 61.0 Å². The molecule has 0 bridgehead atoms. The Hall–Kier alpha value is -2.24. The van der Waals surface area contributed by atoms with Gasteiger partial charge < -0.3 is 14.2 Å². The Kier molecular flexibility index (Phi) is 9.26. The smallest absolute Gasteiger partial charge is 0.326 e. The maximum atomic E-state index is 12.7. The van der Waals surface area contributed by atoms with Gasteiger partial charge in [0.2, 0.25) is 0 Å². The highest BCUT2D eigenvalue weighted by Gasteiger charge is 2.36. The number of methoxy groups -OCH3 is 1. The van der Waals surface area contributed by atoms with E-state index in [9.17, 15) is 14.4 Å². The van der Waals surface area contributed by atoms with Crippen molar-refractivity contribution in [3.8, 4) is 11.5 Å². The second kappa shape index (κ2) is 11.9. The van der Waals surface area contributed by atoms with Gasteiger partial charge in [-0.2, -0.15) is 0 Å². The highest BCUT2D eigenvalue weighted by atomic mass is 127. The molecule has 0 spiro atoms. The van der Waals surface area contributed by atoms with Crippen LogP contribution in [0.15, 0.2) is 41.3 Å². The number of halogens is 2. The van der Waals surface area contributed by atoms with Crippen molar-refractivity contribution in [2.45, 2.75) is 20.5 Å². The summed E-state index contributed by atoms with van der Waals surface area (Å²) in [6.07, 6.45) is 1.59. The molecule has 10 heteroatoms. The number of ether oxygens (including phenoxy) is 3. The third-order valence-electron chi connectivity index (χ3n) is 4.62. The molecule has 3 rings (SSSR count). The maximum Gasteiger partial charge on any atom is 0.326 e. The van der Waals surface area contributed by atoms with Crippen LogP contribution in [0.4, 0.5) is 4.79 Å². The largest absolute Gasteiger partial charge is 0.493 e. The number of benzene rings is 2. The standard InChI is InChI=1S/C24H23ClINO6S/c1-14(2)12-32-21(28)11-27-23(29)20(34-24(27)30)10-15-8-18(26)22(19(9-15)31-3)33-13-16-6-4-5-7-17(16)25/h4-10,14H,11-13H2,1-3H3/b20-10+. The van der Waals surface area contributed by atoms with Gasteiger partial charge in [-0.1, -0.05) is 43.6 Å². The van der Waals surface area contributed by atoms with Crippen molar-refractivity contribution in [3.63, 3.8) is 0 Å². The lowest BCUT2D eigenvalue weighted by atomic mass is 10.1. The predicted molar refractivity (Wildman–Crippen MR) is 140 cm³/mol. The fraction of sp³-hybridized carbons (Fsp3) is 0.292. The van der Waals surface area contributed by atoms with Crippen molar-refractivity contribution in [2.24, 2.45) is 5.92 Å². The molecule has 7 nitrogen and oxygen atoms in total. The maximum absolute atomic E-state index is 12.7. The summed E-state index contributed by atoms with van der Waals surface area (Å²) in [7, 11) is 1.52. The Morgan fingerprint density at radius 3 is 2.65 bits per heavy atom. The van der Waals surface area contributed by atoms with Gasteiger partial charge in [0.1, 0.15) is 13.2 Å². The number of amides is 2. The Morgan fingerprint density at radius 2 is 1.97 bits per heavy atom. The number of rotatable bonds is 9. The first kappa shape index (κ1) is 26.4. The zero-order valence-corrected chi connectivity index (χ0v) is 22.5. The van der Waals surface area contributed by atoms with Gasteiger partial charge in [0.25, 0.3) is 11.1 Å². The van der Waals surface area contributed by atoms with E-state index in [2.05, 4.69) is 22.6 Å². The summed E-state index contributed by atoms with van der Waals surface area (Å²) in [6.45, 7) is 3.88. The van der Waals surface area contributed by atoms with E-state index in [1.165, 1.54) is 7.11 Å². The summed E-state index contributed by atoms with van der Waals surface area (Å²) in [5.74, 6) is 0.0220. The number of nitrogens with zero attached hydrogens (tertiary/aromatic N) is 1. The van der Waals surface area contributed by atoms with Crippen LogP contribution in [-0.4, -0.2) is 42.3 Å². The lowest BCUT2D eigenvalue weighted by Crippen LogP contribution is -2.34. The average Bonchev–Trinajstić information content (AvgIpc) is 3.05. The van der Waals surface area contributed by atoms with Crippen molar-refractivity contribution in [1.82, 2.24) is 4.90 Å². The summed E-state index contributed by atoms with van der Waals surface area (Å²) in [5, 5.41) is 0.0935. The van der Waals surface area contributed by atoms with Crippen LogP contribution < -0.4 is 9.47 Å². The summed E-state index contributed by atoms with van der Waals surface area (Å²) in [4.78, 5) is 38.1. The number of imide groups is 1. The number of carbonyl (C=O) groups excluding carboxylic acids is 3. The highest BCUT2D eigenvalue weighted by molar-refractivity contribution is 14.1. The fourth-order valence-electron chi connectivity index (χ4n) is 2.95. The number of carbonyl (C=O) groups is 3. The Balaban J connectivity index is 1.75. The minimum atomic E-state index is -0.617. The van der Waals surface area contributed by atoms with Gasteiger partial charge in [-0.3, -0.25) is 19.3 Å². The Morgan fingerprint density at radius 1 is 1.24 bits per heavy atom. The molecule has 34 heavy (non-hydrogen) atoms. The summed E-state index contributed by atoms with van der Waals surface area (Å²) in [5.41, 5.74) is 1.49. The molecule has 0 unspecified atom stereocenters. The van der Waals surface area contributed by atoms with E-state index < -0.39 is 23.7 Å². The van der Waals surface area contributed by atoms with Crippen LogP contribution in [0.25, 0.3) is 6.08 Å². The third kappa shape index (κ3) is 6.67. The van der Waals surface area contributed by atoms with Gasteiger partial charge in [-0.05, 0) is 70.1 Å². The Bertz CT molecular complexity index is 1140. The molecule has 1 aliphatic rings. The van der Waals surface area contributed by atoms with E-state index in [0.29, 0.717) is 22.1 Å². The predicted octanol–water partition coefficient (Wildman–Crippen LogP) is 5.77. The molecule has 0 saturated carbocycles. The molecule has 0 aliphatic carbocycles. The first-order valence-corrected chi connectivity index (χ1v) is 12.6. The first-order chi connectivity index (χ1) is 16.2. The van der Waals surface area contributed by atoms with Gasteiger partial charge >= 0.3 is 5.97 Å². The number of esters is 1. The van der Waals surface area contributed by atoms with E-state index in [-0.39, 0.29) is 24.0 Å². The Labute approximate surface area is 220 Å². The van der Waals surface area contributed by atoms with Gasteiger partial charge in [0.15, 0.2) is 11.5 Å².